The number of rotatable bonds is 9. The Labute approximate surface area is 266 Å². The molecule has 0 radical (unpaired) electrons. The fraction of sp³-hybridized carbons (Fsp3) is 0.303. The Balaban J connectivity index is 1.39. The summed E-state index contributed by atoms with van der Waals surface area (Å²) in [5, 5.41) is 23.4. The highest BCUT2D eigenvalue weighted by molar-refractivity contribution is 7.22. The van der Waals surface area contributed by atoms with Crippen molar-refractivity contribution in [3.63, 3.8) is 0 Å². The van der Waals surface area contributed by atoms with Crippen molar-refractivity contribution in [2.24, 2.45) is 0 Å². The van der Waals surface area contributed by atoms with Crippen molar-refractivity contribution in [1.82, 2.24) is 10.3 Å². The number of nitrogens with zero attached hydrogens (tertiary/aromatic N) is 3. The Hall–Kier alpha value is -4.96. The van der Waals surface area contributed by atoms with E-state index in [2.05, 4.69) is 15.6 Å². The SMILES string of the molecule is N#Cc1cc2sc(NC(=O)N(Cc3ccc(C(=O)NCCC(=O)O)cc3)c3ccc(C4CCCCC4)cc3)nc2cc1C(F)(F)F. The lowest BCUT2D eigenvalue weighted by molar-refractivity contribution is -0.138. The van der Waals surface area contributed by atoms with Crippen LogP contribution in [0.15, 0.2) is 60.7 Å². The second-order valence-electron chi connectivity index (χ2n) is 11.0. The van der Waals surface area contributed by atoms with E-state index in [1.807, 2.05) is 24.3 Å². The number of fused-ring (bicyclic) bond motifs is 1. The van der Waals surface area contributed by atoms with E-state index in [9.17, 15) is 32.8 Å². The van der Waals surface area contributed by atoms with Crippen LogP contribution in [0.1, 0.15) is 77.1 Å². The van der Waals surface area contributed by atoms with Crippen LogP contribution >= 0.6 is 11.3 Å². The molecule has 0 saturated heterocycles. The zero-order valence-electron chi connectivity index (χ0n) is 24.6. The van der Waals surface area contributed by atoms with Crippen molar-refractivity contribution in [3.05, 3.63) is 88.5 Å². The fourth-order valence-electron chi connectivity index (χ4n) is 5.49. The number of hydrogen-bond donors (Lipinski definition) is 3. The zero-order chi connectivity index (χ0) is 32.8. The van der Waals surface area contributed by atoms with Gasteiger partial charge in [-0.1, -0.05) is 54.9 Å². The summed E-state index contributed by atoms with van der Waals surface area (Å²) >= 11 is 0.959. The lowest BCUT2D eigenvalue weighted by Crippen LogP contribution is -2.34. The molecular weight excluding hydrogens is 619 g/mol. The minimum Gasteiger partial charge on any atom is -0.481 e. The number of alkyl halides is 3. The predicted octanol–water partition coefficient (Wildman–Crippen LogP) is 7.68. The Morgan fingerprint density at radius 3 is 2.35 bits per heavy atom. The first-order chi connectivity index (χ1) is 22.0. The molecule has 3 N–H and O–H groups in total. The van der Waals surface area contributed by atoms with Gasteiger partial charge >= 0.3 is 18.2 Å². The largest absolute Gasteiger partial charge is 0.481 e. The Bertz CT molecular complexity index is 1780. The summed E-state index contributed by atoms with van der Waals surface area (Å²) in [6, 6.07) is 17.2. The van der Waals surface area contributed by atoms with Gasteiger partial charge in [0.05, 0.1) is 40.4 Å². The molecule has 3 aromatic carbocycles. The molecule has 1 fully saturated rings. The normalized spacial score (nSPS) is 13.6. The third-order valence-corrected chi connectivity index (χ3v) is 8.81. The number of amides is 3. The first-order valence-electron chi connectivity index (χ1n) is 14.7. The minimum atomic E-state index is -4.73. The van der Waals surface area contributed by atoms with Crippen LogP contribution in [0.25, 0.3) is 10.2 Å². The molecule has 0 atom stereocenters. The van der Waals surface area contributed by atoms with Crippen molar-refractivity contribution in [2.45, 2.75) is 57.2 Å². The number of nitriles is 1. The summed E-state index contributed by atoms with van der Waals surface area (Å²) in [4.78, 5) is 42.5. The molecule has 13 heteroatoms. The molecule has 1 aliphatic carbocycles. The zero-order valence-corrected chi connectivity index (χ0v) is 25.4. The molecule has 1 saturated carbocycles. The van der Waals surface area contributed by atoms with Gasteiger partial charge in [-0.25, -0.2) is 9.78 Å². The van der Waals surface area contributed by atoms with Gasteiger partial charge in [0.1, 0.15) is 0 Å². The van der Waals surface area contributed by atoms with E-state index in [4.69, 9.17) is 5.11 Å². The summed E-state index contributed by atoms with van der Waals surface area (Å²) in [5.41, 5.74) is 1.18. The molecule has 0 aliphatic heterocycles. The minimum absolute atomic E-state index is 0.00669. The standard InChI is InChI=1S/C33H30F3N5O4S/c34-33(35,36)26-17-27-28(16-24(26)18-37)46-31(39-27)40-32(45)41(25-12-10-22(11-13-25)21-4-2-1-3-5-21)19-20-6-8-23(9-7-20)30(44)38-15-14-29(42)43/h6-13,16-17,21H,1-5,14-15,19H2,(H,38,44)(H,42,43)(H,39,40,45). The monoisotopic (exact) mass is 649 g/mol. The van der Waals surface area contributed by atoms with Crippen molar-refractivity contribution < 1.29 is 32.7 Å². The van der Waals surface area contributed by atoms with E-state index >= 15 is 0 Å². The summed E-state index contributed by atoms with van der Waals surface area (Å²) in [6.45, 7) is 0.0824. The average Bonchev–Trinajstić information content (AvgIpc) is 3.44. The van der Waals surface area contributed by atoms with Crippen molar-refractivity contribution in [3.8, 4) is 6.07 Å². The fourth-order valence-corrected chi connectivity index (χ4v) is 6.36. The molecule has 0 unspecified atom stereocenters. The average molecular weight is 650 g/mol. The maximum atomic E-state index is 13.7. The summed E-state index contributed by atoms with van der Waals surface area (Å²) < 4.78 is 40.8. The number of halogens is 3. The molecule has 0 bridgehead atoms. The number of urea groups is 1. The lowest BCUT2D eigenvalue weighted by Gasteiger charge is -2.25. The topological polar surface area (TPSA) is 135 Å². The summed E-state index contributed by atoms with van der Waals surface area (Å²) in [5.74, 6) is -0.990. The number of benzene rings is 3. The number of carbonyl (C=O) groups is 3. The lowest BCUT2D eigenvalue weighted by atomic mass is 9.84. The molecule has 3 amide bonds. The first kappa shape index (κ1) is 32.4. The van der Waals surface area contributed by atoms with Crippen LogP contribution in [0.5, 0.6) is 0 Å². The number of nitrogens with one attached hydrogen (secondary N) is 2. The van der Waals surface area contributed by atoms with Gasteiger partial charge in [-0.15, -0.1) is 0 Å². The van der Waals surface area contributed by atoms with Crippen LogP contribution in [0.4, 0.5) is 28.8 Å². The number of aromatic nitrogens is 1. The molecule has 5 rings (SSSR count). The van der Waals surface area contributed by atoms with Crippen LogP contribution in [0, 0.1) is 11.3 Å². The van der Waals surface area contributed by atoms with Gasteiger partial charge < -0.3 is 10.4 Å². The van der Waals surface area contributed by atoms with Gasteiger partial charge in [0.2, 0.25) is 0 Å². The van der Waals surface area contributed by atoms with E-state index in [-0.39, 0.29) is 30.2 Å². The van der Waals surface area contributed by atoms with Gasteiger partial charge in [-0.3, -0.25) is 19.8 Å². The smallest absolute Gasteiger partial charge is 0.417 e. The van der Waals surface area contributed by atoms with E-state index in [0.717, 1.165) is 36.3 Å². The maximum absolute atomic E-state index is 13.7. The third-order valence-electron chi connectivity index (χ3n) is 7.88. The summed E-state index contributed by atoms with van der Waals surface area (Å²) in [7, 11) is 0. The number of hydrogen-bond acceptors (Lipinski definition) is 6. The van der Waals surface area contributed by atoms with Crippen LogP contribution in [-0.2, 0) is 17.5 Å². The molecule has 238 valence electrons. The number of carbonyl (C=O) groups excluding carboxylic acids is 2. The quantitative estimate of drug-likeness (QED) is 0.170. The molecule has 1 heterocycles. The Morgan fingerprint density at radius 1 is 1.02 bits per heavy atom. The molecule has 0 spiro atoms. The molecule has 4 aromatic rings. The second kappa shape index (κ2) is 14.0. The molecule has 1 aromatic heterocycles. The maximum Gasteiger partial charge on any atom is 0.417 e. The Kier molecular flexibility index (Phi) is 9.87. The number of aliphatic carboxylic acids is 1. The van der Waals surface area contributed by atoms with Crippen LogP contribution in [0.3, 0.4) is 0 Å². The van der Waals surface area contributed by atoms with E-state index in [0.29, 0.717) is 27.4 Å². The third kappa shape index (κ3) is 7.81. The molecule has 9 nitrogen and oxygen atoms in total. The Morgan fingerprint density at radius 2 is 1.72 bits per heavy atom. The van der Waals surface area contributed by atoms with Crippen LogP contribution < -0.4 is 15.5 Å². The molecule has 46 heavy (non-hydrogen) atoms. The van der Waals surface area contributed by atoms with Crippen LogP contribution in [0.2, 0.25) is 0 Å². The van der Waals surface area contributed by atoms with Crippen molar-refractivity contribution >= 4 is 50.3 Å². The van der Waals surface area contributed by atoms with Gasteiger partial charge in [-0.2, -0.15) is 18.4 Å². The highest BCUT2D eigenvalue weighted by Crippen LogP contribution is 2.37. The number of carboxylic acids is 1. The van der Waals surface area contributed by atoms with Crippen LogP contribution in [-0.4, -0.2) is 34.5 Å². The molecule has 1 aliphatic rings. The van der Waals surface area contributed by atoms with Gasteiger partial charge in [-0.05, 0) is 66.3 Å². The van der Waals surface area contributed by atoms with Crippen molar-refractivity contribution in [2.75, 3.05) is 16.8 Å². The second-order valence-corrected chi connectivity index (χ2v) is 12.1. The number of thiazole rings is 1. The van der Waals surface area contributed by atoms with E-state index in [1.54, 1.807) is 30.3 Å². The number of carboxylic acid groups (broad SMARTS) is 1. The summed E-state index contributed by atoms with van der Waals surface area (Å²) in [6.07, 6.45) is 0.870. The van der Waals surface area contributed by atoms with Gasteiger partial charge in [0, 0.05) is 17.8 Å². The van der Waals surface area contributed by atoms with Gasteiger partial charge in [0.25, 0.3) is 5.91 Å². The molecular formula is C33H30F3N5O4S. The predicted molar refractivity (Wildman–Crippen MR) is 168 cm³/mol. The van der Waals surface area contributed by atoms with Crippen molar-refractivity contribution in [1.29, 1.82) is 5.26 Å². The number of anilines is 2. The highest BCUT2D eigenvalue weighted by Gasteiger charge is 2.34. The van der Waals surface area contributed by atoms with Gasteiger partial charge in [0.15, 0.2) is 5.13 Å². The highest BCUT2D eigenvalue weighted by atomic mass is 32.1. The first-order valence-corrected chi connectivity index (χ1v) is 15.5. The van der Waals surface area contributed by atoms with E-state index in [1.165, 1.54) is 29.7 Å². The van der Waals surface area contributed by atoms with E-state index < -0.39 is 35.2 Å².